The predicted molar refractivity (Wildman–Crippen MR) is 128 cm³/mol. The average Bonchev–Trinajstić information content (AvgIpc) is 3.20. The second kappa shape index (κ2) is 9.16. The molecule has 0 unspecified atom stereocenters. The highest BCUT2D eigenvalue weighted by molar-refractivity contribution is 6.49. The predicted octanol–water partition coefficient (Wildman–Crippen LogP) is 4.19. The molecule has 0 amide bonds. The van der Waals surface area contributed by atoms with Crippen molar-refractivity contribution < 1.29 is 9.59 Å². The van der Waals surface area contributed by atoms with E-state index in [1.807, 2.05) is 53.1 Å². The van der Waals surface area contributed by atoms with E-state index >= 15 is 0 Å². The number of para-hydroxylation sites is 2. The number of nitrogens with zero attached hydrogens (tertiary/aromatic N) is 2. The van der Waals surface area contributed by atoms with Gasteiger partial charge in [-0.05, 0) is 43.4 Å². The lowest BCUT2D eigenvalue weighted by Gasteiger charge is -2.32. The number of nitrogens with one attached hydrogen (secondary N) is 1. The zero-order valence-corrected chi connectivity index (χ0v) is 18.5. The Hall–Kier alpha value is -3.51. The van der Waals surface area contributed by atoms with E-state index in [0.29, 0.717) is 11.1 Å². The van der Waals surface area contributed by atoms with E-state index in [4.69, 9.17) is 0 Å². The summed E-state index contributed by atoms with van der Waals surface area (Å²) < 4.78 is 1.90. The third-order valence-electron chi connectivity index (χ3n) is 6.63. The molecule has 1 aromatic heterocycles. The van der Waals surface area contributed by atoms with E-state index in [2.05, 4.69) is 9.88 Å². The van der Waals surface area contributed by atoms with E-state index in [-0.39, 0.29) is 11.7 Å². The highest BCUT2D eigenvalue weighted by Gasteiger charge is 2.24. The number of carbonyl (C=O) groups excluding carboxylic acids is 2. The number of carbonyl (C=O) groups is 2. The lowest BCUT2D eigenvalue weighted by atomic mass is 9.96. The fourth-order valence-corrected chi connectivity index (χ4v) is 4.84. The van der Waals surface area contributed by atoms with Gasteiger partial charge in [-0.25, -0.2) is 4.79 Å². The maximum atomic E-state index is 12.5. The molecule has 0 spiro atoms. The van der Waals surface area contributed by atoms with Crippen molar-refractivity contribution in [3.63, 3.8) is 0 Å². The van der Waals surface area contributed by atoms with Gasteiger partial charge in [-0.1, -0.05) is 54.6 Å². The van der Waals surface area contributed by atoms with Crippen molar-refractivity contribution >= 4 is 22.6 Å². The summed E-state index contributed by atoms with van der Waals surface area (Å²) >= 11 is 0. The van der Waals surface area contributed by atoms with Crippen LogP contribution in [0, 0.1) is 0 Å². The lowest BCUT2D eigenvalue weighted by molar-refractivity contribution is -0.111. The van der Waals surface area contributed by atoms with Crippen LogP contribution in [0.5, 0.6) is 0 Å². The number of allylic oxidation sites excluding steroid dienone is 4. The van der Waals surface area contributed by atoms with Gasteiger partial charge in [-0.3, -0.25) is 19.1 Å². The standard InChI is InChI=1S/C27H27N3O3/c31-25(20-6-2-1-3-7-20)26(32)21-12-10-19(11-13-21)18-29-16-14-22(15-17-29)30-24-9-5-4-8-23(24)28-27(30)33/h2,4-13,22H,1,3,14-18H2,(H,28,33). The molecule has 2 aliphatic rings. The lowest BCUT2D eigenvalue weighted by Crippen LogP contribution is -2.36. The van der Waals surface area contributed by atoms with E-state index in [1.165, 1.54) is 0 Å². The number of aromatic nitrogens is 2. The number of hydrogen-bond acceptors (Lipinski definition) is 4. The van der Waals surface area contributed by atoms with Gasteiger partial charge in [-0.15, -0.1) is 0 Å². The van der Waals surface area contributed by atoms with Gasteiger partial charge in [0.05, 0.1) is 11.0 Å². The molecule has 6 nitrogen and oxygen atoms in total. The van der Waals surface area contributed by atoms with Crippen LogP contribution in [-0.4, -0.2) is 39.1 Å². The van der Waals surface area contributed by atoms with Gasteiger partial charge in [0.2, 0.25) is 11.6 Å². The first kappa shape index (κ1) is 21.3. The number of rotatable bonds is 6. The van der Waals surface area contributed by atoms with Crippen molar-refractivity contribution in [2.45, 2.75) is 38.3 Å². The Morgan fingerprint density at radius 3 is 2.42 bits per heavy atom. The number of imidazole rings is 1. The Morgan fingerprint density at radius 2 is 1.70 bits per heavy atom. The fourth-order valence-electron chi connectivity index (χ4n) is 4.84. The maximum Gasteiger partial charge on any atom is 0.326 e. The van der Waals surface area contributed by atoms with Crippen LogP contribution < -0.4 is 5.69 Å². The molecule has 5 rings (SSSR count). The summed E-state index contributed by atoms with van der Waals surface area (Å²) in [5, 5.41) is 0. The minimum Gasteiger partial charge on any atom is -0.306 e. The molecular weight excluding hydrogens is 414 g/mol. The van der Waals surface area contributed by atoms with E-state index in [9.17, 15) is 14.4 Å². The van der Waals surface area contributed by atoms with Crippen molar-refractivity contribution in [1.29, 1.82) is 0 Å². The van der Waals surface area contributed by atoms with Crippen LogP contribution in [0.2, 0.25) is 0 Å². The number of fused-ring (bicyclic) bond motifs is 1. The van der Waals surface area contributed by atoms with Crippen LogP contribution in [0.15, 0.2) is 77.1 Å². The van der Waals surface area contributed by atoms with Crippen molar-refractivity contribution in [2.24, 2.45) is 0 Å². The van der Waals surface area contributed by atoms with Crippen molar-refractivity contribution in [3.8, 4) is 0 Å². The van der Waals surface area contributed by atoms with Crippen LogP contribution in [0.4, 0.5) is 0 Å². The van der Waals surface area contributed by atoms with Crippen LogP contribution in [0.3, 0.4) is 0 Å². The van der Waals surface area contributed by atoms with E-state index < -0.39 is 11.6 Å². The summed E-state index contributed by atoms with van der Waals surface area (Å²) in [7, 11) is 0. The molecule has 0 atom stereocenters. The number of hydrogen-bond donors (Lipinski definition) is 1. The molecule has 3 aromatic rings. The first-order chi connectivity index (χ1) is 16.1. The number of ketones is 2. The Bertz CT molecular complexity index is 1300. The first-order valence-corrected chi connectivity index (χ1v) is 11.6. The van der Waals surface area contributed by atoms with Crippen LogP contribution in [-0.2, 0) is 11.3 Å². The highest BCUT2D eigenvalue weighted by atomic mass is 16.2. The molecule has 168 valence electrons. The van der Waals surface area contributed by atoms with Crippen molar-refractivity contribution in [2.75, 3.05) is 13.1 Å². The number of likely N-dealkylation sites (tertiary alicyclic amines) is 1. The minimum absolute atomic E-state index is 0.0380. The molecule has 6 heteroatoms. The molecule has 0 saturated carbocycles. The van der Waals surface area contributed by atoms with Gasteiger partial charge < -0.3 is 4.98 Å². The van der Waals surface area contributed by atoms with Gasteiger partial charge in [0.25, 0.3) is 0 Å². The third kappa shape index (κ3) is 4.39. The minimum atomic E-state index is -0.454. The van der Waals surface area contributed by atoms with Gasteiger partial charge in [0.1, 0.15) is 0 Å². The molecule has 2 heterocycles. The second-order valence-corrected chi connectivity index (χ2v) is 8.82. The van der Waals surface area contributed by atoms with Crippen molar-refractivity contribution in [1.82, 2.24) is 14.5 Å². The zero-order chi connectivity index (χ0) is 22.8. The SMILES string of the molecule is O=C(C(=O)c1ccc(CN2CCC(n3c(=O)[nH]c4ccccc43)CC2)cc1)C1=CCCC=C1. The summed E-state index contributed by atoms with van der Waals surface area (Å²) in [6.07, 6.45) is 9.05. The number of Topliss-reactive ketones (excluding diaryl/α,β-unsaturated/α-hetero) is 2. The average molecular weight is 442 g/mol. The van der Waals surface area contributed by atoms with Crippen LogP contribution in [0.1, 0.15) is 47.6 Å². The number of benzene rings is 2. The largest absolute Gasteiger partial charge is 0.326 e. The van der Waals surface area contributed by atoms with Gasteiger partial charge >= 0.3 is 5.69 Å². The van der Waals surface area contributed by atoms with E-state index in [0.717, 1.165) is 61.9 Å². The molecule has 1 saturated heterocycles. The summed E-state index contributed by atoms with van der Waals surface area (Å²) in [5.74, 6) is -0.891. The molecule has 1 N–H and O–H groups in total. The Morgan fingerprint density at radius 1 is 0.939 bits per heavy atom. The number of piperidine rings is 1. The van der Waals surface area contributed by atoms with E-state index in [1.54, 1.807) is 18.2 Å². The Kier molecular flexibility index (Phi) is 5.92. The van der Waals surface area contributed by atoms with Crippen molar-refractivity contribution in [3.05, 3.63) is 93.9 Å². The number of aromatic amines is 1. The molecule has 0 bridgehead atoms. The molecule has 1 aliphatic carbocycles. The third-order valence-corrected chi connectivity index (χ3v) is 6.63. The first-order valence-electron chi connectivity index (χ1n) is 11.6. The highest BCUT2D eigenvalue weighted by Crippen LogP contribution is 2.26. The summed E-state index contributed by atoms with van der Waals surface area (Å²) in [4.78, 5) is 42.8. The Labute approximate surface area is 192 Å². The van der Waals surface area contributed by atoms with Crippen LogP contribution in [0.25, 0.3) is 11.0 Å². The Balaban J connectivity index is 1.20. The topological polar surface area (TPSA) is 75.2 Å². The normalized spacial score (nSPS) is 17.3. The van der Waals surface area contributed by atoms with Gasteiger partial charge in [-0.2, -0.15) is 0 Å². The summed E-state index contributed by atoms with van der Waals surface area (Å²) in [5.41, 5.74) is 3.85. The van der Waals surface area contributed by atoms with Crippen LogP contribution >= 0.6 is 0 Å². The smallest absolute Gasteiger partial charge is 0.306 e. The molecule has 0 radical (unpaired) electrons. The second-order valence-electron chi connectivity index (χ2n) is 8.82. The fraction of sp³-hybridized carbons (Fsp3) is 0.296. The zero-order valence-electron chi connectivity index (χ0n) is 18.5. The molecule has 1 aliphatic heterocycles. The quantitative estimate of drug-likeness (QED) is 0.460. The molecule has 2 aromatic carbocycles. The van der Waals surface area contributed by atoms with Gasteiger partial charge in [0, 0.05) is 36.8 Å². The van der Waals surface area contributed by atoms with Gasteiger partial charge in [0.15, 0.2) is 0 Å². The molecule has 1 fully saturated rings. The monoisotopic (exact) mass is 441 g/mol. The summed E-state index contributed by atoms with van der Waals surface area (Å²) in [6, 6.07) is 15.4. The molecular formula is C27H27N3O3. The maximum absolute atomic E-state index is 12.5. The number of H-pyrrole nitrogens is 1. The molecule has 33 heavy (non-hydrogen) atoms. The summed E-state index contributed by atoms with van der Waals surface area (Å²) in [6.45, 7) is 2.58.